The first-order chi connectivity index (χ1) is 18.4. The lowest BCUT2D eigenvalue weighted by molar-refractivity contribution is -0.120. The number of hydrogen-bond acceptors (Lipinski definition) is 4. The molecule has 0 bridgehead atoms. The van der Waals surface area contributed by atoms with E-state index >= 15 is 0 Å². The standard InChI is InChI=1S/C32H44N4O2/c1-25(2)22-36(31(38)33(3)30-20-27-8-4-5-9-28(27)21-30)32(24-37)14-18-34(19-15-32)23-26-10-12-29(13-11-26)35-16-6-7-17-35/h4-5,8-13,24-25,30H,6-7,14-23H2,1-3H3. The van der Waals surface area contributed by atoms with Crippen LogP contribution in [0.25, 0.3) is 0 Å². The normalized spacial score (nSPS) is 19.5. The van der Waals surface area contributed by atoms with E-state index in [1.165, 1.54) is 35.2 Å². The van der Waals surface area contributed by atoms with E-state index in [4.69, 9.17) is 0 Å². The molecule has 2 aromatic rings. The van der Waals surface area contributed by atoms with Gasteiger partial charge in [0.15, 0.2) is 0 Å². The molecule has 0 unspecified atom stereocenters. The van der Waals surface area contributed by atoms with Crippen LogP contribution >= 0.6 is 0 Å². The molecule has 0 aromatic heterocycles. The molecule has 0 atom stereocenters. The molecule has 6 heteroatoms. The van der Waals surface area contributed by atoms with E-state index < -0.39 is 5.54 Å². The summed E-state index contributed by atoms with van der Waals surface area (Å²) in [6, 6.07) is 17.6. The third-order valence-corrected chi connectivity index (χ3v) is 8.95. The fourth-order valence-corrected chi connectivity index (χ4v) is 6.57. The lowest BCUT2D eigenvalue weighted by atomic mass is 9.86. The van der Waals surface area contributed by atoms with E-state index in [0.717, 1.165) is 51.9 Å². The zero-order valence-corrected chi connectivity index (χ0v) is 23.4. The number of fused-ring (bicyclic) bond motifs is 1. The molecule has 2 amide bonds. The number of carbonyl (C=O) groups excluding carboxylic acids is 2. The van der Waals surface area contributed by atoms with Crippen LogP contribution in [0.2, 0.25) is 0 Å². The molecular formula is C32H44N4O2. The van der Waals surface area contributed by atoms with Gasteiger partial charge in [-0.25, -0.2) is 4.79 Å². The minimum Gasteiger partial charge on any atom is -0.372 e. The predicted molar refractivity (Wildman–Crippen MR) is 154 cm³/mol. The third-order valence-electron chi connectivity index (χ3n) is 8.95. The number of urea groups is 1. The molecule has 2 saturated heterocycles. The Morgan fingerprint density at radius 2 is 1.58 bits per heavy atom. The molecular weight excluding hydrogens is 472 g/mol. The second-order valence-electron chi connectivity index (χ2n) is 12.1. The van der Waals surface area contributed by atoms with Gasteiger partial charge in [0.05, 0.1) is 0 Å². The second kappa shape index (κ2) is 11.5. The van der Waals surface area contributed by atoms with Gasteiger partial charge in [0.2, 0.25) is 0 Å². The Labute approximate surface area is 228 Å². The van der Waals surface area contributed by atoms with Crippen molar-refractivity contribution < 1.29 is 9.59 Å². The molecule has 0 radical (unpaired) electrons. The number of aldehydes is 1. The van der Waals surface area contributed by atoms with E-state index in [0.29, 0.717) is 19.4 Å². The highest BCUT2D eigenvalue weighted by Gasteiger charge is 2.44. The molecule has 2 heterocycles. The van der Waals surface area contributed by atoms with Crippen LogP contribution < -0.4 is 4.90 Å². The molecule has 3 aliphatic rings. The van der Waals surface area contributed by atoms with Crippen LogP contribution in [-0.2, 0) is 24.2 Å². The van der Waals surface area contributed by atoms with Gasteiger partial charge in [-0.05, 0) is 73.3 Å². The van der Waals surface area contributed by atoms with E-state index in [2.05, 4.69) is 72.2 Å². The molecule has 0 N–H and O–H groups in total. The summed E-state index contributed by atoms with van der Waals surface area (Å²) >= 11 is 0. The Bertz CT molecular complexity index is 1080. The number of likely N-dealkylation sites (N-methyl/N-ethyl adjacent to an activating group) is 1. The highest BCUT2D eigenvalue weighted by Crippen LogP contribution is 2.32. The van der Waals surface area contributed by atoms with Crippen molar-refractivity contribution in [1.29, 1.82) is 0 Å². The fourth-order valence-electron chi connectivity index (χ4n) is 6.57. The fraction of sp³-hybridized carbons (Fsp3) is 0.562. The van der Waals surface area contributed by atoms with E-state index in [1.807, 2.05) is 16.8 Å². The van der Waals surface area contributed by atoms with Crippen LogP contribution in [0.4, 0.5) is 10.5 Å². The van der Waals surface area contributed by atoms with E-state index in [1.54, 1.807) is 0 Å². The first kappa shape index (κ1) is 26.7. The van der Waals surface area contributed by atoms with Crippen LogP contribution in [0.5, 0.6) is 0 Å². The minimum absolute atomic E-state index is 0.00504. The molecule has 5 rings (SSSR count). The van der Waals surface area contributed by atoms with Crippen molar-refractivity contribution in [1.82, 2.24) is 14.7 Å². The van der Waals surface area contributed by atoms with Gasteiger partial charge in [0.25, 0.3) is 0 Å². The van der Waals surface area contributed by atoms with Crippen LogP contribution in [0, 0.1) is 5.92 Å². The summed E-state index contributed by atoms with van der Waals surface area (Å²) < 4.78 is 0. The van der Waals surface area contributed by atoms with Gasteiger partial charge in [-0.3, -0.25) is 4.90 Å². The Morgan fingerprint density at radius 1 is 0.974 bits per heavy atom. The molecule has 0 spiro atoms. The van der Waals surface area contributed by atoms with Crippen molar-refractivity contribution in [2.24, 2.45) is 5.92 Å². The number of nitrogens with zero attached hydrogens (tertiary/aromatic N) is 4. The monoisotopic (exact) mass is 516 g/mol. The molecule has 2 fully saturated rings. The number of rotatable bonds is 8. The minimum atomic E-state index is -0.739. The van der Waals surface area contributed by atoms with Crippen molar-refractivity contribution in [3.05, 3.63) is 65.2 Å². The summed E-state index contributed by atoms with van der Waals surface area (Å²) in [7, 11) is 1.92. The summed E-state index contributed by atoms with van der Waals surface area (Å²) in [5, 5.41) is 0. The van der Waals surface area contributed by atoms with Gasteiger partial charge < -0.3 is 19.5 Å². The van der Waals surface area contributed by atoms with Crippen molar-refractivity contribution in [3.63, 3.8) is 0 Å². The topological polar surface area (TPSA) is 47.1 Å². The number of amides is 2. The molecule has 0 saturated carbocycles. The summed E-state index contributed by atoms with van der Waals surface area (Å²) in [5.74, 6) is 0.289. The molecule has 2 aliphatic heterocycles. The Morgan fingerprint density at radius 3 is 2.13 bits per heavy atom. The average Bonchev–Trinajstić information content (AvgIpc) is 3.63. The Balaban J connectivity index is 1.23. The smallest absolute Gasteiger partial charge is 0.320 e. The first-order valence-corrected chi connectivity index (χ1v) is 14.5. The second-order valence-corrected chi connectivity index (χ2v) is 12.1. The number of hydrogen-bond donors (Lipinski definition) is 0. The third kappa shape index (κ3) is 5.61. The van der Waals surface area contributed by atoms with Crippen molar-refractivity contribution in [2.75, 3.05) is 44.7 Å². The van der Waals surface area contributed by atoms with Gasteiger partial charge in [-0.15, -0.1) is 0 Å². The maximum atomic E-state index is 14.0. The quantitative estimate of drug-likeness (QED) is 0.464. The molecule has 6 nitrogen and oxygen atoms in total. The summed E-state index contributed by atoms with van der Waals surface area (Å²) in [4.78, 5) is 35.4. The lowest BCUT2D eigenvalue weighted by Crippen LogP contribution is -2.62. The van der Waals surface area contributed by atoms with Crippen LogP contribution in [0.3, 0.4) is 0 Å². The molecule has 204 valence electrons. The average molecular weight is 517 g/mol. The number of likely N-dealkylation sites (tertiary alicyclic amines) is 1. The SMILES string of the molecule is CC(C)CN(C(=O)N(C)C1Cc2ccccc2C1)C1(C=O)CCN(Cc2ccc(N3CCCC3)cc2)CC1. The first-order valence-electron chi connectivity index (χ1n) is 14.5. The van der Waals surface area contributed by atoms with Gasteiger partial charge in [-0.2, -0.15) is 0 Å². The lowest BCUT2D eigenvalue weighted by Gasteiger charge is -2.47. The molecule has 1 aliphatic carbocycles. The summed E-state index contributed by atoms with van der Waals surface area (Å²) in [5.41, 5.74) is 4.56. The zero-order chi connectivity index (χ0) is 26.7. The van der Waals surface area contributed by atoms with Crippen LogP contribution in [0.1, 0.15) is 56.2 Å². The molecule has 2 aromatic carbocycles. The predicted octanol–water partition coefficient (Wildman–Crippen LogP) is 5.00. The van der Waals surface area contributed by atoms with E-state index in [9.17, 15) is 9.59 Å². The van der Waals surface area contributed by atoms with Gasteiger partial charge in [0.1, 0.15) is 11.8 Å². The highest BCUT2D eigenvalue weighted by atomic mass is 16.2. The maximum absolute atomic E-state index is 14.0. The number of carbonyl (C=O) groups is 2. The Kier molecular flexibility index (Phi) is 8.08. The van der Waals surface area contributed by atoms with Crippen molar-refractivity contribution in [2.45, 2.75) is 70.5 Å². The van der Waals surface area contributed by atoms with Crippen molar-refractivity contribution in [3.8, 4) is 0 Å². The van der Waals surface area contributed by atoms with Gasteiger partial charge >= 0.3 is 6.03 Å². The zero-order valence-electron chi connectivity index (χ0n) is 23.4. The van der Waals surface area contributed by atoms with Gasteiger partial charge in [-0.1, -0.05) is 50.2 Å². The van der Waals surface area contributed by atoms with Crippen LogP contribution in [-0.4, -0.2) is 78.4 Å². The maximum Gasteiger partial charge on any atom is 0.320 e. The summed E-state index contributed by atoms with van der Waals surface area (Å²) in [6.07, 6.45) is 6.77. The Hall–Kier alpha value is -2.86. The number of anilines is 1. The largest absolute Gasteiger partial charge is 0.372 e. The van der Waals surface area contributed by atoms with Crippen LogP contribution in [0.15, 0.2) is 48.5 Å². The highest BCUT2D eigenvalue weighted by molar-refractivity contribution is 5.81. The summed E-state index contributed by atoms with van der Waals surface area (Å²) in [6.45, 7) is 9.69. The molecule has 38 heavy (non-hydrogen) atoms. The number of benzene rings is 2. The van der Waals surface area contributed by atoms with E-state index in [-0.39, 0.29) is 18.0 Å². The van der Waals surface area contributed by atoms with Gasteiger partial charge in [0, 0.05) is 58.0 Å². The van der Waals surface area contributed by atoms with Crippen molar-refractivity contribution >= 4 is 18.0 Å². The number of piperidine rings is 1.